The molecule has 0 bridgehead atoms. The van der Waals surface area contributed by atoms with E-state index in [-0.39, 0.29) is 6.61 Å². The minimum atomic E-state index is -3.71. The molecule has 156 valence electrons. The Bertz CT molecular complexity index is 1210. The van der Waals surface area contributed by atoms with E-state index >= 15 is 0 Å². The Morgan fingerprint density at radius 3 is 2.50 bits per heavy atom. The highest BCUT2D eigenvalue weighted by atomic mass is 32.2. The van der Waals surface area contributed by atoms with Crippen LogP contribution in [0.4, 0.5) is 4.79 Å². The molecule has 1 amide bonds. The molecule has 1 aromatic heterocycles. The summed E-state index contributed by atoms with van der Waals surface area (Å²) in [4.78, 5) is 16.1. The van der Waals surface area contributed by atoms with Crippen LogP contribution in [0.3, 0.4) is 0 Å². The molecule has 3 aromatic rings. The number of aryl methyl sites for hydroxylation is 1. The first-order valence-corrected chi connectivity index (χ1v) is 10.7. The Morgan fingerprint density at radius 2 is 1.80 bits per heavy atom. The van der Waals surface area contributed by atoms with Crippen molar-refractivity contribution in [1.29, 1.82) is 0 Å². The van der Waals surface area contributed by atoms with Crippen LogP contribution in [0.15, 0.2) is 59.0 Å². The summed E-state index contributed by atoms with van der Waals surface area (Å²) in [6, 6.07) is 16.6. The summed E-state index contributed by atoms with van der Waals surface area (Å²) in [6.45, 7) is 1.90. The number of hydrogen-bond donors (Lipinski definition) is 2. The topological polar surface area (TPSA) is 133 Å². The van der Waals surface area contributed by atoms with E-state index in [0.29, 0.717) is 17.1 Å². The number of nitrogens with one attached hydrogen (secondary N) is 1. The van der Waals surface area contributed by atoms with E-state index in [2.05, 4.69) is 9.38 Å². The van der Waals surface area contributed by atoms with Crippen molar-refractivity contribution in [2.75, 3.05) is 6.26 Å². The number of carbonyl (C=O) groups is 1. The van der Waals surface area contributed by atoms with E-state index in [1.807, 2.05) is 42.6 Å². The first kappa shape index (κ1) is 21.1. The summed E-state index contributed by atoms with van der Waals surface area (Å²) < 4.78 is 35.9. The fourth-order valence-corrected chi connectivity index (χ4v) is 2.95. The van der Waals surface area contributed by atoms with E-state index < -0.39 is 22.1 Å². The summed E-state index contributed by atoms with van der Waals surface area (Å²) in [5.74, 6) is 0.733. The number of pyridine rings is 1. The van der Waals surface area contributed by atoms with Crippen LogP contribution in [0.1, 0.15) is 11.3 Å². The van der Waals surface area contributed by atoms with E-state index in [0.717, 1.165) is 22.9 Å². The molecule has 0 atom stereocenters. The molecule has 0 aliphatic carbocycles. The summed E-state index contributed by atoms with van der Waals surface area (Å²) in [7, 11) is -3.71. The van der Waals surface area contributed by atoms with Gasteiger partial charge >= 0.3 is 6.09 Å². The maximum absolute atomic E-state index is 11.6. The fourth-order valence-electron chi connectivity index (χ4n) is 2.55. The predicted octanol–water partition coefficient (Wildman–Crippen LogP) is 2.84. The average molecular weight is 428 g/mol. The third kappa shape index (κ3) is 6.17. The van der Waals surface area contributed by atoms with Gasteiger partial charge in [-0.3, -0.25) is 10.3 Å². The van der Waals surface area contributed by atoms with Crippen molar-refractivity contribution in [1.82, 2.24) is 10.3 Å². The summed E-state index contributed by atoms with van der Waals surface area (Å²) >= 11 is 0. The number of fused-ring (bicyclic) bond motifs is 1. The van der Waals surface area contributed by atoms with Crippen molar-refractivity contribution in [3.63, 3.8) is 0 Å². The maximum Gasteiger partial charge on any atom is 0.414 e. The number of rotatable bonds is 5. The lowest BCUT2D eigenvalue weighted by molar-refractivity contribution is 0.145. The third-order valence-corrected chi connectivity index (χ3v) is 4.35. The number of alkyl carbamates (subject to hydrolysis) is 1. The normalized spacial score (nSPS) is 11.9. The Kier molecular flexibility index (Phi) is 6.17. The SMILES string of the molecule is Cc1ccc2cc(Oc3ccc(COC(=O)N/C(N)=N/S(C)(=O)=O)cc3)ccc2n1. The summed E-state index contributed by atoms with van der Waals surface area (Å²) in [5, 5.41) is 3.01. The Hall–Kier alpha value is -3.66. The molecule has 0 spiro atoms. The number of hydrogen-bond acceptors (Lipinski definition) is 6. The highest BCUT2D eigenvalue weighted by molar-refractivity contribution is 7.89. The Labute approximate surface area is 173 Å². The second-order valence-electron chi connectivity index (χ2n) is 6.46. The number of benzene rings is 2. The molecular formula is C20H20N4O5S. The maximum atomic E-state index is 11.6. The number of nitrogens with two attached hydrogens (primary N) is 1. The van der Waals surface area contributed by atoms with Crippen molar-refractivity contribution < 1.29 is 22.7 Å². The second-order valence-corrected chi connectivity index (χ2v) is 8.11. The molecule has 0 fully saturated rings. The van der Waals surface area contributed by atoms with E-state index in [4.69, 9.17) is 15.2 Å². The zero-order chi connectivity index (χ0) is 21.7. The molecule has 3 N–H and O–H groups in total. The van der Waals surface area contributed by atoms with Gasteiger partial charge in [0.1, 0.15) is 18.1 Å². The molecule has 0 aliphatic rings. The molecule has 0 aliphatic heterocycles. The monoisotopic (exact) mass is 428 g/mol. The number of guanidine groups is 1. The van der Waals surface area contributed by atoms with Crippen LogP contribution in [0, 0.1) is 6.92 Å². The molecule has 0 radical (unpaired) electrons. The standard InChI is InChI=1S/C20H20N4O5S/c1-13-3-6-15-11-17(9-10-18(15)22-13)29-16-7-4-14(5-8-16)12-28-20(25)23-19(21)24-30(2,26)27/h3-11H,12H2,1-2H3,(H3,21,23,24,25). The highest BCUT2D eigenvalue weighted by Gasteiger charge is 2.08. The van der Waals surface area contributed by atoms with E-state index in [9.17, 15) is 13.2 Å². The van der Waals surface area contributed by atoms with Crippen LogP contribution in [0.25, 0.3) is 10.9 Å². The molecule has 1 heterocycles. The van der Waals surface area contributed by atoms with Gasteiger partial charge in [-0.15, -0.1) is 4.40 Å². The van der Waals surface area contributed by atoms with Crippen LogP contribution in [-0.4, -0.2) is 31.7 Å². The zero-order valence-electron chi connectivity index (χ0n) is 16.3. The van der Waals surface area contributed by atoms with Crippen LogP contribution >= 0.6 is 0 Å². The van der Waals surface area contributed by atoms with Gasteiger partial charge < -0.3 is 15.2 Å². The van der Waals surface area contributed by atoms with Crippen molar-refractivity contribution in [3.05, 3.63) is 65.9 Å². The molecule has 9 nitrogen and oxygen atoms in total. The van der Waals surface area contributed by atoms with Crippen molar-refractivity contribution in [2.24, 2.45) is 10.1 Å². The van der Waals surface area contributed by atoms with E-state index in [1.165, 1.54) is 0 Å². The van der Waals surface area contributed by atoms with Crippen molar-refractivity contribution in [2.45, 2.75) is 13.5 Å². The lowest BCUT2D eigenvalue weighted by Gasteiger charge is -2.09. The largest absolute Gasteiger partial charge is 0.457 e. The average Bonchev–Trinajstić information content (AvgIpc) is 2.66. The van der Waals surface area contributed by atoms with Gasteiger partial charge in [0.15, 0.2) is 0 Å². The minimum Gasteiger partial charge on any atom is -0.457 e. The van der Waals surface area contributed by atoms with Gasteiger partial charge in [0.2, 0.25) is 5.96 Å². The lowest BCUT2D eigenvalue weighted by atomic mass is 10.2. The first-order valence-electron chi connectivity index (χ1n) is 8.81. The molecule has 0 saturated carbocycles. The van der Waals surface area contributed by atoms with Gasteiger partial charge in [-0.1, -0.05) is 18.2 Å². The molecule has 10 heteroatoms. The Morgan fingerprint density at radius 1 is 1.10 bits per heavy atom. The van der Waals surface area contributed by atoms with Crippen LogP contribution < -0.4 is 15.8 Å². The van der Waals surface area contributed by atoms with Gasteiger partial charge in [-0.2, -0.15) is 0 Å². The van der Waals surface area contributed by atoms with Crippen LogP contribution in [0.2, 0.25) is 0 Å². The quantitative estimate of drug-likeness (QED) is 0.471. The number of carbonyl (C=O) groups excluding carboxylic acids is 1. The smallest absolute Gasteiger partial charge is 0.414 e. The van der Waals surface area contributed by atoms with Crippen LogP contribution in [0.5, 0.6) is 11.5 Å². The van der Waals surface area contributed by atoms with Gasteiger partial charge in [0.05, 0.1) is 11.8 Å². The first-order chi connectivity index (χ1) is 14.2. The van der Waals surface area contributed by atoms with Gasteiger partial charge in [0.25, 0.3) is 10.0 Å². The molecule has 0 saturated heterocycles. The lowest BCUT2D eigenvalue weighted by Crippen LogP contribution is -2.37. The summed E-state index contributed by atoms with van der Waals surface area (Å²) in [6.07, 6.45) is -0.0630. The molecular weight excluding hydrogens is 408 g/mol. The van der Waals surface area contributed by atoms with Gasteiger partial charge in [0, 0.05) is 11.1 Å². The van der Waals surface area contributed by atoms with Gasteiger partial charge in [-0.25, -0.2) is 13.2 Å². The highest BCUT2D eigenvalue weighted by Crippen LogP contribution is 2.25. The minimum absolute atomic E-state index is 0.0424. The molecule has 3 rings (SSSR count). The predicted molar refractivity (Wildman–Crippen MR) is 113 cm³/mol. The number of nitrogens with zero attached hydrogens (tertiary/aromatic N) is 2. The number of ether oxygens (including phenoxy) is 2. The number of amides is 1. The van der Waals surface area contributed by atoms with Crippen molar-refractivity contribution >= 4 is 33.0 Å². The van der Waals surface area contributed by atoms with E-state index in [1.54, 1.807) is 24.3 Å². The number of sulfonamides is 1. The Balaban J connectivity index is 1.57. The van der Waals surface area contributed by atoms with Gasteiger partial charge in [-0.05, 0) is 48.9 Å². The fraction of sp³-hybridized carbons (Fsp3) is 0.150. The van der Waals surface area contributed by atoms with Crippen LogP contribution in [-0.2, 0) is 21.4 Å². The summed E-state index contributed by atoms with van der Waals surface area (Å²) in [5.41, 5.74) is 7.86. The molecule has 0 unspecified atom stereocenters. The third-order valence-electron chi connectivity index (χ3n) is 3.82. The molecule has 2 aromatic carbocycles. The van der Waals surface area contributed by atoms with Crippen molar-refractivity contribution in [3.8, 4) is 11.5 Å². The zero-order valence-corrected chi connectivity index (χ0v) is 17.1. The molecule has 30 heavy (non-hydrogen) atoms. The second kappa shape index (κ2) is 8.78. The number of aromatic nitrogens is 1.